The Kier molecular flexibility index (Phi) is 6.37. The van der Waals surface area contributed by atoms with Crippen LogP contribution < -0.4 is 11.1 Å². The van der Waals surface area contributed by atoms with E-state index in [0.717, 1.165) is 39.1 Å². The van der Waals surface area contributed by atoms with Gasteiger partial charge in [0.2, 0.25) is 5.91 Å². The van der Waals surface area contributed by atoms with Crippen molar-refractivity contribution in [1.82, 2.24) is 10.2 Å². The molecule has 0 saturated carbocycles. The highest BCUT2D eigenvalue weighted by Crippen LogP contribution is 2.08. The van der Waals surface area contributed by atoms with Gasteiger partial charge in [0, 0.05) is 13.1 Å². The molecule has 1 unspecified atom stereocenters. The summed E-state index contributed by atoms with van der Waals surface area (Å²) in [7, 11) is 0. The number of morpholine rings is 1. The highest BCUT2D eigenvalue weighted by molar-refractivity contribution is 5.81. The third-order valence-electron chi connectivity index (χ3n) is 2.79. The minimum Gasteiger partial charge on any atom is -0.378 e. The second kappa shape index (κ2) is 7.60. The van der Waals surface area contributed by atoms with Gasteiger partial charge < -0.3 is 15.8 Å². The Hall–Kier alpha value is -0.650. The first kappa shape index (κ1) is 13.4. The maximum Gasteiger partial charge on any atom is 0.239 e. The Balaban J connectivity index is 2.40. The van der Waals surface area contributed by atoms with Crippen LogP contribution in [0.5, 0.6) is 0 Å². The molecule has 5 heteroatoms. The molecule has 0 bridgehead atoms. The number of amides is 1. The molecule has 3 N–H and O–H groups in total. The van der Waals surface area contributed by atoms with E-state index in [0.29, 0.717) is 13.2 Å². The summed E-state index contributed by atoms with van der Waals surface area (Å²) in [6.45, 7) is 6.32. The van der Waals surface area contributed by atoms with Crippen molar-refractivity contribution >= 4 is 5.91 Å². The van der Waals surface area contributed by atoms with E-state index in [-0.39, 0.29) is 11.9 Å². The lowest BCUT2D eigenvalue weighted by Crippen LogP contribution is -2.53. The fourth-order valence-electron chi connectivity index (χ4n) is 1.90. The van der Waals surface area contributed by atoms with Crippen LogP contribution in [0.3, 0.4) is 0 Å². The summed E-state index contributed by atoms with van der Waals surface area (Å²) < 4.78 is 5.36. The quantitative estimate of drug-likeness (QED) is 0.606. The van der Waals surface area contributed by atoms with Crippen molar-refractivity contribution < 1.29 is 9.53 Å². The zero-order chi connectivity index (χ0) is 11.8. The molecule has 1 amide bonds. The van der Waals surface area contributed by atoms with E-state index in [2.05, 4.69) is 10.2 Å². The molecule has 16 heavy (non-hydrogen) atoms. The number of ether oxygens (including phenoxy) is 1. The molecule has 0 aromatic carbocycles. The van der Waals surface area contributed by atoms with Crippen LogP contribution in [0.25, 0.3) is 0 Å². The van der Waals surface area contributed by atoms with E-state index in [1.54, 1.807) is 0 Å². The lowest BCUT2D eigenvalue weighted by molar-refractivity contribution is -0.132. The van der Waals surface area contributed by atoms with Crippen molar-refractivity contribution in [3.05, 3.63) is 0 Å². The number of hydrogen-bond acceptors (Lipinski definition) is 4. The molecule has 1 fully saturated rings. The van der Waals surface area contributed by atoms with E-state index in [1.807, 2.05) is 6.92 Å². The van der Waals surface area contributed by atoms with Crippen LogP contribution in [-0.2, 0) is 9.53 Å². The molecule has 0 spiro atoms. The lowest BCUT2D eigenvalue weighted by atomic mass is 10.2. The van der Waals surface area contributed by atoms with Gasteiger partial charge in [-0.3, -0.25) is 9.69 Å². The number of unbranched alkanes of at least 4 members (excludes halogenated alkanes) is 1. The molecule has 94 valence electrons. The summed E-state index contributed by atoms with van der Waals surface area (Å²) in [5.74, 6) is 0.0787. The largest absolute Gasteiger partial charge is 0.378 e. The number of nitrogens with zero attached hydrogens (tertiary/aromatic N) is 1. The minimum absolute atomic E-state index is 0.0787. The number of carbonyl (C=O) groups excluding carboxylic acids is 1. The molecule has 1 atom stereocenters. The molecular weight excluding hydrogens is 206 g/mol. The van der Waals surface area contributed by atoms with E-state index in [1.165, 1.54) is 0 Å². The molecule has 0 aliphatic carbocycles. The molecule has 5 nitrogen and oxygen atoms in total. The molecule has 1 rings (SSSR count). The van der Waals surface area contributed by atoms with Crippen LogP contribution in [0.4, 0.5) is 0 Å². The van der Waals surface area contributed by atoms with Gasteiger partial charge in [-0.1, -0.05) is 0 Å². The van der Waals surface area contributed by atoms with Crippen LogP contribution >= 0.6 is 0 Å². The maximum absolute atomic E-state index is 11.8. The number of carbonyl (C=O) groups is 1. The summed E-state index contributed by atoms with van der Waals surface area (Å²) in [5.41, 5.74) is 5.46. The number of rotatable bonds is 6. The summed E-state index contributed by atoms with van der Waals surface area (Å²) in [6.07, 6.45) is 2.06. The van der Waals surface area contributed by atoms with Crippen LogP contribution in [0, 0.1) is 0 Å². The summed E-state index contributed by atoms with van der Waals surface area (Å²) in [5, 5.41) is 2.85. The van der Waals surface area contributed by atoms with Gasteiger partial charge in [-0.25, -0.2) is 0 Å². The fraction of sp³-hybridized carbons (Fsp3) is 0.909. The van der Waals surface area contributed by atoms with Crippen molar-refractivity contribution in [3.8, 4) is 0 Å². The van der Waals surface area contributed by atoms with Gasteiger partial charge in [-0.15, -0.1) is 0 Å². The number of nitrogens with two attached hydrogens (primary N) is 1. The van der Waals surface area contributed by atoms with Crippen molar-refractivity contribution in [2.75, 3.05) is 39.4 Å². The third kappa shape index (κ3) is 4.08. The van der Waals surface area contributed by atoms with Crippen molar-refractivity contribution in [2.45, 2.75) is 25.8 Å². The fourth-order valence-corrected chi connectivity index (χ4v) is 1.90. The van der Waals surface area contributed by atoms with Crippen LogP contribution in [-0.4, -0.2) is 56.2 Å². The Morgan fingerprint density at radius 3 is 3.06 bits per heavy atom. The Morgan fingerprint density at radius 2 is 2.38 bits per heavy atom. The summed E-state index contributed by atoms with van der Waals surface area (Å²) in [4.78, 5) is 14.0. The second-order valence-electron chi connectivity index (χ2n) is 4.02. The molecule has 1 heterocycles. The predicted molar refractivity (Wildman–Crippen MR) is 63.2 cm³/mol. The van der Waals surface area contributed by atoms with Gasteiger partial charge in [0.15, 0.2) is 0 Å². The lowest BCUT2D eigenvalue weighted by Gasteiger charge is -2.34. The monoisotopic (exact) mass is 229 g/mol. The first-order chi connectivity index (χ1) is 7.79. The zero-order valence-electron chi connectivity index (χ0n) is 10.1. The van der Waals surface area contributed by atoms with Crippen LogP contribution in [0.15, 0.2) is 0 Å². The average molecular weight is 229 g/mol. The second-order valence-corrected chi connectivity index (χ2v) is 4.02. The Bertz CT molecular complexity index is 211. The summed E-state index contributed by atoms with van der Waals surface area (Å²) >= 11 is 0. The SMILES string of the molecule is CCNC(=O)C1COCCN1CCCCN. The molecule has 1 aliphatic rings. The Labute approximate surface area is 97.3 Å². The third-order valence-corrected chi connectivity index (χ3v) is 2.79. The van der Waals surface area contributed by atoms with E-state index in [4.69, 9.17) is 10.5 Å². The van der Waals surface area contributed by atoms with Crippen molar-refractivity contribution in [2.24, 2.45) is 5.73 Å². The first-order valence-corrected chi connectivity index (χ1v) is 6.09. The van der Waals surface area contributed by atoms with Gasteiger partial charge in [0.1, 0.15) is 6.04 Å². The first-order valence-electron chi connectivity index (χ1n) is 6.09. The zero-order valence-corrected chi connectivity index (χ0v) is 10.1. The minimum atomic E-state index is -0.119. The van der Waals surface area contributed by atoms with Crippen LogP contribution in [0.2, 0.25) is 0 Å². The number of likely N-dealkylation sites (N-methyl/N-ethyl adjacent to an activating group) is 1. The molecule has 1 saturated heterocycles. The molecule has 1 aliphatic heterocycles. The maximum atomic E-state index is 11.8. The summed E-state index contributed by atoms with van der Waals surface area (Å²) in [6, 6.07) is -0.119. The molecule has 0 aromatic heterocycles. The number of nitrogens with one attached hydrogen (secondary N) is 1. The average Bonchev–Trinajstić information content (AvgIpc) is 2.30. The van der Waals surface area contributed by atoms with Crippen molar-refractivity contribution in [3.63, 3.8) is 0 Å². The standard InChI is InChI=1S/C11H23N3O2/c1-2-13-11(15)10-9-16-8-7-14(10)6-4-3-5-12/h10H,2-9,12H2,1H3,(H,13,15). The smallest absolute Gasteiger partial charge is 0.239 e. The van der Waals surface area contributed by atoms with Gasteiger partial charge in [-0.2, -0.15) is 0 Å². The van der Waals surface area contributed by atoms with Crippen LogP contribution in [0.1, 0.15) is 19.8 Å². The van der Waals surface area contributed by atoms with Crippen molar-refractivity contribution in [1.29, 1.82) is 0 Å². The predicted octanol–water partition coefficient (Wildman–Crippen LogP) is -0.438. The highest BCUT2D eigenvalue weighted by atomic mass is 16.5. The van der Waals surface area contributed by atoms with E-state index >= 15 is 0 Å². The molecular formula is C11H23N3O2. The molecule has 0 radical (unpaired) electrons. The van der Waals surface area contributed by atoms with E-state index in [9.17, 15) is 4.79 Å². The topological polar surface area (TPSA) is 67.6 Å². The van der Waals surface area contributed by atoms with Gasteiger partial charge in [0.05, 0.1) is 13.2 Å². The van der Waals surface area contributed by atoms with Gasteiger partial charge in [-0.05, 0) is 32.9 Å². The Morgan fingerprint density at radius 1 is 1.56 bits per heavy atom. The van der Waals surface area contributed by atoms with E-state index < -0.39 is 0 Å². The number of hydrogen-bond donors (Lipinski definition) is 2. The van der Waals surface area contributed by atoms with Gasteiger partial charge >= 0.3 is 0 Å². The highest BCUT2D eigenvalue weighted by Gasteiger charge is 2.28. The van der Waals surface area contributed by atoms with Gasteiger partial charge in [0.25, 0.3) is 0 Å². The normalized spacial score (nSPS) is 22.0. The molecule has 0 aromatic rings.